The molecule has 0 saturated carbocycles. The number of fused-ring (bicyclic) bond motifs is 1. The highest BCUT2D eigenvalue weighted by Crippen LogP contribution is 2.37. The molecule has 5 heteroatoms. The van der Waals surface area contributed by atoms with E-state index in [1.807, 2.05) is 18.2 Å². The number of halogens is 2. The molecule has 2 nitrogen and oxygen atoms in total. The summed E-state index contributed by atoms with van der Waals surface area (Å²) in [5.41, 5.74) is 3.30. The Hall–Kier alpha value is -0.720. The lowest BCUT2D eigenvalue weighted by Gasteiger charge is -2.19. The normalized spacial score (nSPS) is 13.6. The van der Waals surface area contributed by atoms with Gasteiger partial charge >= 0.3 is 0 Å². The number of rotatable bonds is 1. The Morgan fingerprint density at radius 1 is 1.17 bits per heavy atom. The predicted octanol–water partition coefficient (Wildman–Crippen LogP) is 4.86. The molecule has 0 atom stereocenters. The summed E-state index contributed by atoms with van der Waals surface area (Å²) in [7, 11) is 0. The first kappa shape index (κ1) is 12.3. The third-order valence-electron chi connectivity index (χ3n) is 2.55. The second kappa shape index (κ2) is 5.11. The highest BCUT2D eigenvalue weighted by Gasteiger charge is 2.15. The number of nitrogens with one attached hydrogen (secondary N) is 1. The number of hydrogen-bond acceptors (Lipinski definition) is 3. The molecule has 0 spiro atoms. The summed E-state index contributed by atoms with van der Waals surface area (Å²) in [6.45, 7) is 0. The third kappa shape index (κ3) is 2.37. The first-order valence-corrected chi connectivity index (χ1v) is 7.63. The summed E-state index contributed by atoms with van der Waals surface area (Å²) in [6, 6.07) is 12.0. The van der Waals surface area contributed by atoms with E-state index < -0.39 is 0 Å². The maximum Gasteiger partial charge on any atom is 0.130 e. The van der Waals surface area contributed by atoms with Crippen molar-refractivity contribution in [3.8, 4) is 0 Å². The molecule has 0 radical (unpaired) electrons. The average Bonchev–Trinajstić information content (AvgIpc) is 2.39. The second-order valence-electron chi connectivity index (χ2n) is 3.74. The van der Waals surface area contributed by atoms with Gasteiger partial charge in [0.1, 0.15) is 10.2 Å². The van der Waals surface area contributed by atoms with E-state index in [2.05, 4.69) is 50.4 Å². The van der Waals surface area contributed by atoms with Crippen molar-refractivity contribution >= 4 is 57.3 Å². The number of anilines is 1. The molecule has 0 amide bonds. The maximum atomic E-state index is 5.88. The molecule has 0 aliphatic carbocycles. The predicted molar refractivity (Wildman–Crippen MR) is 85.9 cm³/mol. The minimum atomic E-state index is 0.522. The van der Waals surface area contributed by atoms with E-state index >= 15 is 0 Å². The van der Waals surface area contributed by atoms with Crippen LogP contribution in [0.4, 0.5) is 5.69 Å². The summed E-state index contributed by atoms with van der Waals surface area (Å²) < 4.78 is 1.22. The first-order valence-electron chi connectivity index (χ1n) is 5.29. The monoisotopic (exact) mass is 386 g/mol. The highest BCUT2D eigenvalue weighted by molar-refractivity contribution is 14.1. The van der Waals surface area contributed by atoms with E-state index in [4.69, 9.17) is 11.6 Å². The minimum absolute atomic E-state index is 0.522. The molecule has 0 fully saturated rings. The zero-order valence-corrected chi connectivity index (χ0v) is 12.9. The van der Waals surface area contributed by atoms with Crippen LogP contribution in [0, 0.1) is 3.57 Å². The number of thioether (sulfide) groups is 1. The molecule has 1 aliphatic heterocycles. The Bertz CT molecular complexity index is 643. The minimum Gasteiger partial charge on any atom is -0.352 e. The smallest absolute Gasteiger partial charge is 0.130 e. The lowest BCUT2D eigenvalue weighted by Crippen LogP contribution is -2.05. The van der Waals surface area contributed by atoms with Crippen LogP contribution in [0.5, 0.6) is 0 Å². The van der Waals surface area contributed by atoms with Crippen LogP contribution in [0.3, 0.4) is 0 Å². The molecule has 2 aromatic rings. The third-order valence-corrected chi connectivity index (χ3v) is 4.59. The van der Waals surface area contributed by atoms with Gasteiger partial charge < -0.3 is 5.32 Å². The van der Waals surface area contributed by atoms with Crippen molar-refractivity contribution in [1.29, 1.82) is 0 Å². The van der Waals surface area contributed by atoms with Crippen molar-refractivity contribution in [2.24, 2.45) is 0 Å². The first-order chi connectivity index (χ1) is 8.74. The number of aromatic nitrogens is 1. The molecule has 1 aliphatic rings. The van der Waals surface area contributed by atoms with Gasteiger partial charge in [-0.2, -0.15) is 0 Å². The molecule has 1 aromatic carbocycles. The van der Waals surface area contributed by atoms with Crippen LogP contribution in [0.2, 0.25) is 5.15 Å². The van der Waals surface area contributed by atoms with Crippen LogP contribution >= 0.6 is 46.0 Å². The molecule has 2 heterocycles. The topological polar surface area (TPSA) is 24.9 Å². The molecule has 3 rings (SSSR count). The fourth-order valence-electron chi connectivity index (χ4n) is 1.70. The number of benzene rings is 1. The summed E-state index contributed by atoms with van der Waals surface area (Å²) in [6.07, 6.45) is 0. The molecule has 0 saturated heterocycles. The van der Waals surface area contributed by atoms with Gasteiger partial charge in [0.2, 0.25) is 0 Å². The number of pyridine rings is 1. The Labute approximate surface area is 128 Å². The zero-order valence-electron chi connectivity index (χ0n) is 9.15. The summed E-state index contributed by atoms with van der Waals surface area (Å²) in [5, 5.41) is 6.90. The van der Waals surface area contributed by atoms with Gasteiger partial charge in [0, 0.05) is 14.5 Å². The molecule has 90 valence electrons. The fraction of sp³-hybridized carbons (Fsp3) is 0. The van der Waals surface area contributed by atoms with Gasteiger partial charge in [-0.1, -0.05) is 41.6 Å². The van der Waals surface area contributed by atoms with Crippen LogP contribution in [0.15, 0.2) is 46.8 Å². The van der Waals surface area contributed by atoms with E-state index in [1.54, 1.807) is 17.8 Å². The van der Waals surface area contributed by atoms with Crippen molar-refractivity contribution in [3.05, 3.63) is 56.1 Å². The molecule has 1 N–H and O–H groups in total. The molecular formula is C13H8ClIN2S. The van der Waals surface area contributed by atoms with E-state index in [1.165, 1.54) is 9.13 Å². The largest absolute Gasteiger partial charge is 0.352 e. The van der Waals surface area contributed by atoms with E-state index in [-0.39, 0.29) is 0 Å². The van der Waals surface area contributed by atoms with Crippen LogP contribution < -0.4 is 5.32 Å². The quantitative estimate of drug-likeness (QED) is 0.560. The van der Waals surface area contributed by atoms with Crippen molar-refractivity contribution in [1.82, 2.24) is 4.98 Å². The van der Waals surface area contributed by atoms with Gasteiger partial charge in [0.25, 0.3) is 0 Å². The number of hydrogen-bond donors (Lipinski definition) is 1. The zero-order chi connectivity index (χ0) is 12.5. The van der Waals surface area contributed by atoms with Crippen LogP contribution in [0.25, 0.3) is 5.70 Å². The SMILES string of the molecule is Clc1ccc2c(n1)SC=C(c1ccccc1I)N2. The lowest BCUT2D eigenvalue weighted by molar-refractivity contribution is 1.14. The Kier molecular flexibility index (Phi) is 3.50. The van der Waals surface area contributed by atoms with Gasteiger partial charge in [0.15, 0.2) is 0 Å². The van der Waals surface area contributed by atoms with Crippen molar-refractivity contribution < 1.29 is 0 Å². The van der Waals surface area contributed by atoms with E-state index in [0.29, 0.717) is 5.15 Å². The van der Waals surface area contributed by atoms with Crippen molar-refractivity contribution in [2.45, 2.75) is 5.03 Å². The van der Waals surface area contributed by atoms with Gasteiger partial charge in [-0.15, -0.1) is 0 Å². The van der Waals surface area contributed by atoms with Gasteiger partial charge in [-0.3, -0.25) is 0 Å². The molecule has 0 bridgehead atoms. The molecular weight excluding hydrogens is 379 g/mol. The van der Waals surface area contributed by atoms with Crippen LogP contribution in [-0.4, -0.2) is 4.98 Å². The summed E-state index contributed by atoms with van der Waals surface area (Å²) in [5.74, 6) is 0. The molecule has 1 aromatic heterocycles. The standard InChI is InChI=1S/C13H8ClIN2S/c14-12-6-5-10-13(17-12)18-7-11(16-10)8-3-1-2-4-9(8)15/h1-7,16H. The van der Waals surface area contributed by atoms with Gasteiger partial charge in [-0.05, 0) is 40.8 Å². The average molecular weight is 387 g/mol. The van der Waals surface area contributed by atoms with Crippen LogP contribution in [0.1, 0.15) is 5.56 Å². The summed E-state index contributed by atoms with van der Waals surface area (Å²) >= 11 is 9.81. The van der Waals surface area contributed by atoms with Crippen molar-refractivity contribution in [2.75, 3.05) is 5.32 Å². The molecule has 0 unspecified atom stereocenters. The van der Waals surface area contributed by atoms with Gasteiger partial charge in [-0.25, -0.2) is 4.98 Å². The van der Waals surface area contributed by atoms with Crippen molar-refractivity contribution in [3.63, 3.8) is 0 Å². The maximum absolute atomic E-state index is 5.88. The lowest BCUT2D eigenvalue weighted by atomic mass is 10.1. The van der Waals surface area contributed by atoms with Gasteiger partial charge in [0.05, 0.1) is 11.4 Å². The molecule has 18 heavy (non-hydrogen) atoms. The Morgan fingerprint density at radius 2 is 2.00 bits per heavy atom. The number of nitrogens with zero attached hydrogens (tertiary/aromatic N) is 1. The summed E-state index contributed by atoms with van der Waals surface area (Å²) in [4.78, 5) is 4.28. The fourth-order valence-corrected chi connectivity index (χ4v) is 3.39. The Balaban J connectivity index is 1.98. The Morgan fingerprint density at radius 3 is 2.83 bits per heavy atom. The van der Waals surface area contributed by atoms with E-state index in [9.17, 15) is 0 Å². The van der Waals surface area contributed by atoms with E-state index in [0.717, 1.165) is 16.4 Å². The second-order valence-corrected chi connectivity index (χ2v) is 6.15. The van der Waals surface area contributed by atoms with Crippen LogP contribution in [-0.2, 0) is 0 Å². The highest BCUT2D eigenvalue weighted by atomic mass is 127.